The number of carbonyl (C=O) groups excluding carboxylic acids is 9. The third-order valence-corrected chi connectivity index (χ3v) is 14.9. The molecule has 27 nitrogen and oxygen atoms in total. The molecule has 4 rings (SSSR count). The van der Waals surface area contributed by atoms with Crippen LogP contribution in [-0.4, -0.2) is 203 Å². The maximum absolute atomic E-state index is 14.5. The van der Waals surface area contributed by atoms with Crippen LogP contribution in [-0.2, 0) is 43.2 Å². The fourth-order valence-electron chi connectivity index (χ4n) is 10.2. The lowest BCUT2D eigenvalue weighted by molar-refractivity contribution is -0.366. The van der Waals surface area contributed by atoms with Crippen LogP contribution in [0.25, 0.3) is 0 Å². The number of aliphatic hydroxyl groups excluding tert-OH is 8. The third-order valence-electron chi connectivity index (χ3n) is 14.9. The highest BCUT2D eigenvalue weighted by Gasteiger charge is 2.49. The minimum absolute atomic E-state index is 0. The summed E-state index contributed by atoms with van der Waals surface area (Å²) in [6.45, 7) is 6.95. The maximum atomic E-state index is 14.5. The molecular weight excluding hydrogens is 1090 g/mol. The first-order valence-corrected chi connectivity index (χ1v) is 27.7. The number of fused-ring (bicyclic) bond motifs is 2. The molecule has 0 spiro atoms. The molecule has 0 aromatic heterocycles. The van der Waals surface area contributed by atoms with E-state index in [-0.39, 0.29) is 49.5 Å². The highest BCUT2D eigenvalue weighted by atomic mass is 35.5. The molecular formula is C53H86ClN9O18. The number of hydrogen-bond acceptors (Lipinski definition) is 18. The number of primary amides is 1. The highest BCUT2D eigenvalue weighted by Crippen LogP contribution is 2.27. The first-order chi connectivity index (χ1) is 37.8. The van der Waals surface area contributed by atoms with E-state index in [9.17, 15) is 84.0 Å². The Morgan fingerprint density at radius 1 is 0.741 bits per heavy atom. The van der Waals surface area contributed by atoms with Crippen LogP contribution in [0, 0.1) is 11.8 Å². The number of benzene rings is 1. The summed E-state index contributed by atoms with van der Waals surface area (Å²) in [5.41, 5.74) is 8.80. The van der Waals surface area contributed by atoms with Crippen molar-refractivity contribution >= 4 is 53.2 Å². The average Bonchev–Trinajstić information content (AvgIpc) is 4.02. The van der Waals surface area contributed by atoms with Crippen molar-refractivity contribution < 1.29 is 107 Å². The van der Waals surface area contributed by atoms with Gasteiger partial charge in [-0.25, -0.2) is 0 Å². The second kappa shape index (κ2) is 33.5. The number of ether oxygens (including phenoxy) is 1. The van der Waals surface area contributed by atoms with Gasteiger partial charge in [0.2, 0.25) is 47.3 Å². The van der Waals surface area contributed by atoms with Gasteiger partial charge in [-0.1, -0.05) is 77.8 Å². The number of esters is 1. The van der Waals surface area contributed by atoms with E-state index < -0.39 is 171 Å². The Kier molecular flexibility index (Phi) is 28.8. The van der Waals surface area contributed by atoms with Crippen molar-refractivity contribution in [1.29, 1.82) is 0 Å². The van der Waals surface area contributed by atoms with Crippen LogP contribution in [0.4, 0.5) is 0 Å². The molecule has 18 N–H and O–H groups in total. The highest BCUT2D eigenvalue weighted by molar-refractivity contribution is 5.98. The van der Waals surface area contributed by atoms with Gasteiger partial charge in [-0.15, -0.1) is 0 Å². The Morgan fingerprint density at radius 2 is 1.35 bits per heavy atom. The molecule has 81 heavy (non-hydrogen) atoms. The summed E-state index contributed by atoms with van der Waals surface area (Å²) in [6.07, 6.45) is -10.5. The second-order valence-electron chi connectivity index (χ2n) is 21.6. The van der Waals surface area contributed by atoms with Crippen molar-refractivity contribution in [1.82, 2.24) is 36.4 Å². The van der Waals surface area contributed by atoms with Gasteiger partial charge in [0.05, 0.1) is 43.8 Å². The van der Waals surface area contributed by atoms with Crippen LogP contribution in [0.2, 0.25) is 0 Å². The van der Waals surface area contributed by atoms with Gasteiger partial charge >= 0.3 is 5.97 Å². The molecule has 0 saturated carbocycles. The quantitative estimate of drug-likeness (QED) is 0.0275. The third kappa shape index (κ3) is 20.6. The number of halogens is 1. The van der Waals surface area contributed by atoms with Crippen LogP contribution < -0.4 is 55.2 Å². The van der Waals surface area contributed by atoms with Crippen LogP contribution >= 0.6 is 0 Å². The number of nitrogens with one attached hydrogen (secondary N) is 5. The molecule has 3 fully saturated rings. The summed E-state index contributed by atoms with van der Waals surface area (Å²) in [5.74, 6) is -9.05. The predicted octanol–water partition coefficient (Wildman–Crippen LogP) is -7.51. The van der Waals surface area contributed by atoms with Gasteiger partial charge in [-0.2, -0.15) is 0 Å². The molecule has 3 saturated heterocycles. The first-order valence-electron chi connectivity index (χ1n) is 27.7. The lowest BCUT2D eigenvalue weighted by Gasteiger charge is -2.34. The lowest BCUT2D eigenvalue weighted by Crippen LogP contribution is -3.00. The minimum atomic E-state index is -2.40. The predicted molar refractivity (Wildman–Crippen MR) is 282 cm³/mol. The molecule has 16 atom stereocenters. The summed E-state index contributed by atoms with van der Waals surface area (Å²) in [6, 6.07) is -7.20. The fraction of sp³-hybridized carbons (Fsp3) is 0.717. The van der Waals surface area contributed by atoms with Crippen LogP contribution in [0.15, 0.2) is 24.3 Å². The summed E-state index contributed by atoms with van der Waals surface area (Å²) < 4.78 is 5.21. The Hall–Kier alpha value is -5.62. The van der Waals surface area contributed by atoms with Gasteiger partial charge in [0, 0.05) is 32.4 Å². The van der Waals surface area contributed by atoms with Gasteiger partial charge in [0.15, 0.2) is 6.23 Å². The number of amides is 8. The molecule has 0 aliphatic carbocycles. The number of rotatable bonds is 23. The summed E-state index contributed by atoms with van der Waals surface area (Å²) >= 11 is 0. The standard InChI is InChI=1S/C53H85N9O18.ClH/c1-5-27(2)22-28(3)12-10-8-6-7-9-11-13-39(69)56-33-24-37(67)49(75)60-51(77)44-35(65)19-21-61(44)53(79)42(36(66)25-38(55)68)58-50(76)43(46(72)45(71)30-14-16-32(17-15-30)80-40(70)18-20-54)59-48(74)34-23-31(64)26-62(34)52(78)41(29(4)63)57-47(33)73;/h14-17,27-29,31,33-37,41-46,49,63-67,71-72,75H,5-13,18-26,54H2,1-4H3,(H2,55,68)(H,56,69)(H,57,73)(H,58,76)(H,59,74)(H,60,77);1H/t27?,28?,29-,31+,33-,34-,35-,36+,37+,41-,42-,43-,44-,45-,46-,49+;/m0./s1. The van der Waals surface area contributed by atoms with Gasteiger partial charge in [0.25, 0.3) is 0 Å². The van der Waals surface area contributed by atoms with E-state index in [1.165, 1.54) is 30.7 Å². The summed E-state index contributed by atoms with van der Waals surface area (Å²) in [5, 5.41) is 101. The van der Waals surface area contributed by atoms with Crippen LogP contribution in [0.5, 0.6) is 5.75 Å². The zero-order valence-electron chi connectivity index (χ0n) is 46.5. The van der Waals surface area contributed by atoms with E-state index in [2.05, 4.69) is 53.1 Å². The Balaban J connectivity index is 0.0000172. The number of carbonyl (C=O) groups is 9. The first kappa shape index (κ1) is 69.6. The van der Waals surface area contributed by atoms with Crippen molar-refractivity contribution in [2.45, 2.75) is 209 Å². The SMILES string of the molecule is CCC(C)CC(C)CCCCCCCCC(=O)N[C@H]1C[C@@H](O)[C@@H](O)NC(=O)[C@@H]2[C@@H](O)CCN2C(=O)[C@H]([C@H](O)CC(N)=O)NC(=O)[C@H]([C@H](O)[C@@H](O)c2ccc(OC(=O)CC[NH3+])cc2)NC(=O)[C@@H]2C[C@@H](O)CN2C(=O)[C@H]([C@H](C)O)NC1=O.[Cl-]. The van der Waals surface area contributed by atoms with E-state index in [0.717, 1.165) is 50.3 Å². The van der Waals surface area contributed by atoms with Crippen LogP contribution in [0.1, 0.15) is 136 Å². The minimum Gasteiger partial charge on any atom is -1.00 e. The molecule has 3 aliphatic heterocycles. The molecule has 0 radical (unpaired) electrons. The normalized spacial score (nSPS) is 27.5. The molecule has 1 aromatic rings. The van der Waals surface area contributed by atoms with Gasteiger partial charge in [0.1, 0.15) is 60.3 Å². The van der Waals surface area contributed by atoms with Gasteiger partial charge in [-0.3, -0.25) is 43.2 Å². The largest absolute Gasteiger partial charge is 1.00 e. The summed E-state index contributed by atoms with van der Waals surface area (Å²) in [4.78, 5) is 125. The van der Waals surface area contributed by atoms with Crippen molar-refractivity contribution in [3.63, 3.8) is 0 Å². The van der Waals surface area contributed by atoms with E-state index in [1.54, 1.807) is 0 Å². The number of unbranched alkanes of at least 4 members (excludes halogenated alkanes) is 5. The fourth-order valence-corrected chi connectivity index (χ4v) is 10.2. The second-order valence-corrected chi connectivity index (χ2v) is 21.6. The molecule has 8 amide bonds. The van der Waals surface area contributed by atoms with Crippen molar-refractivity contribution in [2.24, 2.45) is 17.6 Å². The number of nitrogens with two attached hydrogens (primary N) is 1. The van der Waals surface area contributed by atoms with Gasteiger partial charge in [-0.05, 0) is 55.7 Å². The zero-order chi connectivity index (χ0) is 59.5. The van der Waals surface area contributed by atoms with E-state index in [1.807, 2.05) is 0 Å². The van der Waals surface area contributed by atoms with E-state index in [4.69, 9.17) is 10.5 Å². The topological polar surface area (TPSA) is 445 Å². The molecule has 458 valence electrons. The number of nitrogens with zero attached hydrogens (tertiary/aromatic N) is 2. The Morgan fingerprint density at radius 3 is 1.96 bits per heavy atom. The lowest BCUT2D eigenvalue weighted by atomic mass is 9.91. The maximum Gasteiger partial charge on any atom is 0.316 e. The smallest absolute Gasteiger partial charge is 0.316 e. The van der Waals surface area contributed by atoms with E-state index in [0.29, 0.717) is 29.6 Å². The van der Waals surface area contributed by atoms with Crippen molar-refractivity contribution in [3.8, 4) is 5.75 Å². The molecule has 28 heteroatoms. The van der Waals surface area contributed by atoms with E-state index >= 15 is 0 Å². The van der Waals surface area contributed by atoms with Crippen molar-refractivity contribution in [3.05, 3.63) is 29.8 Å². The molecule has 3 aliphatic rings. The molecule has 1 aromatic carbocycles. The number of hydrogen-bond donors (Lipinski definition) is 15. The average molecular weight is 1170 g/mol. The number of quaternary nitrogens is 1. The molecule has 3 heterocycles. The molecule has 0 bridgehead atoms. The Labute approximate surface area is 477 Å². The Bertz CT molecular complexity index is 2270. The molecule has 2 unspecified atom stereocenters. The summed E-state index contributed by atoms with van der Waals surface area (Å²) in [7, 11) is 0. The van der Waals surface area contributed by atoms with Crippen LogP contribution in [0.3, 0.4) is 0 Å². The monoisotopic (exact) mass is 1170 g/mol. The number of aliphatic hydroxyl groups is 8. The zero-order valence-corrected chi connectivity index (χ0v) is 47.2. The van der Waals surface area contributed by atoms with Crippen molar-refractivity contribution in [2.75, 3.05) is 19.6 Å². The van der Waals surface area contributed by atoms with Gasteiger partial charge < -0.3 is 106 Å².